The van der Waals surface area contributed by atoms with Crippen molar-refractivity contribution in [1.82, 2.24) is 0 Å². The van der Waals surface area contributed by atoms with Crippen molar-refractivity contribution in [2.75, 3.05) is 0 Å². The molecule has 11 unspecified atom stereocenters. The molecule has 0 amide bonds. The summed E-state index contributed by atoms with van der Waals surface area (Å²) in [6.45, 7) is 12.7. The predicted octanol–water partition coefficient (Wildman–Crippen LogP) is 6.17. The minimum atomic E-state index is -0.632. The maximum Gasteiger partial charge on any atom is 0.121 e. The molecule has 7 heteroatoms. The molecule has 3 aliphatic carbocycles. The van der Waals surface area contributed by atoms with Gasteiger partial charge in [-0.2, -0.15) is 14.7 Å². The summed E-state index contributed by atoms with van der Waals surface area (Å²) in [4.78, 5) is 35.3. The minimum absolute atomic E-state index is 0.0119. The maximum absolute atomic E-state index is 12.1. The molecule has 7 nitrogen and oxygen atoms in total. The maximum atomic E-state index is 12.1. The van der Waals surface area contributed by atoms with Crippen LogP contribution in [0.25, 0.3) is 0 Å². The van der Waals surface area contributed by atoms with E-state index < -0.39 is 18.2 Å². The van der Waals surface area contributed by atoms with E-state index in [1.54, 1.807) is 0 Å². The van der Waals surface area contributed by atoms with Crippen molar-refractivity contribution >= 4 is 0 Å². The molecule has 3 saturated carbocycles. The zero-order valence-corrected chi connectivity index (χ0v) is 20.7. The molecular formula is C25H43N3O4. The summed E-state index contributed by atoms with van der Waals surface area (Å²) in [6, 6.07) is -1.46. The average Bonchev–Trinajstić information content (AvgIpc) is 3.20. The topological polar surface area (TPSA) is 109 Å². The zero-order chi connectivity index (χ0) is 23.8. The number of nitrogens with zero attached hydrogens (tertiary/aromatic N) is 3. The first-order valence-electron chi connectivity index (χ1n) is 12.8. The van der Waals surface area contributed by atoms with E-state index in [0.717, 1.165) is 32.1 Å². The van der Waals surface area contributed by atoms with Gasteiger partial charge in [0.2, 0.25) is 0 Å². The van der Waals surface area contributed by atoms with Gasteiger partial charge in [-0.05, 0) is 91.3 Å². The molecule has 182 valence electrons. The highest BCUT2D eigenvalue weighted by molar-refractivity contribution is 5.09. The molecule has 0 bridgehead atoms. The smallest absolute Gasteiger partial charge is 0.121 e. The highest BCUT2D eigenvalue weighted by Crippen LogP contribution is 2.63. The van der Waals surface area contributed by atoms with E-state index >= 15 is 0 Å². The van der Waals surface area contributed by atoms with Crippen molar-refractivity contribution in [3.8, 4) is 0 Å². The molecule has 32 heavy (non-hydrogen) atoms. The van der Waals surface area contributed by atoms with Crippen LogP contribution < -0.4 is 0 Å². The molecule has 0 radical (unpaired) electrons. The lowest BCUT2D eigenvalue weighted by molar-refractivity contribution is -0.0586. The summed E-state index contributed by atoms with van der Waals surface area (Å²) in [6.07, 6.45) is 4.71. The summed E-state index contributed by atoms with van der Waals surface area (Å²) in [7, 11) is 0. The molecule has 3 fully saturated rings. The van der Waals surface area contributed by atoms with Crippen molar-refractivity contribution in [1.29, 1.82) is 0 Å². The largest absolute Gasteiger partial charge is 0.393 e. The van der Waals surface area contributed by atoms with Gasteiger partial charge in [0, 0.05) is 0 Å². The lowest BCUT2D eigenvalue weighted by Crippen LogP contribution is -2.49. The Kier molecular flexibility index (Phi) is 7.89. The molecule has 3 rings (SSSR count). The van der Waals surface area contributed by atoms with Gasteiger partial charge in [-0.25, -0.2) is 0 Å². The number of fused-ring (bicyclic) bond motifs is 3. The van der Waals surface area contributed by atoms with E-state index in [2.05, 4.69) is 50.1 Å². The fraction of sp³-hybridized carbons (Fsp3) is 1.00. The Hall–Kier alpha value is -1.24. The van der Waals surface area contributed by atoms with E-state index in [0.29, 0.717) is 24.2 Å². The number of hydrogen-bond acceptors (Lipinski definition) is 7. The third-order valence-corrected chi connectivity index (χ3v) is 10.3. The molecule has 1 N–H and O–H groups in total. The van der Waals surface area contributed by atoms with Crippen LogP contribution in [-0.2, 0) is 0 Å². The van der Waals surface area contributed by atoms with E-state index in [4.69, 9.17) is 0 Å². The van der Waals surface area contributed by atoms with E-state index in [-0.39, 0.29) is 41.0 Å². The van der Waals surface area contributed by atoms with Crippen molar-refractivity contribution in [2.24, 2.45) is 68.3 Å². The normalized spacial score (nSPS) is 43.3. The Balaban J connectivity index is 1.96. The van der Waals surface area contributed by atoms with Crippen LogP contribution in [0, 0.1) is 67.5 Å². The third kappa shape index (κ3) is 4.30. The monoisotopic (exact) mass is 449 g/mol. The number of aliphatic hydroxyl groups is 1. The molecule has 0 saturated heterocycles. The van der Waals surface area contributed by atoms with Gasteiger partial charge in [0.05, 0.1) is 12.1 Å². The first-order valence-corrected chi connectivity index (χ1v) is 12.8. The quantitative estimate of drug-likeness (QED) is 0.447. The average molecular weight is 450 g/mol. The molecule has 3 aliphatic rings. The lowest BCUT2D eigenvalue weighted by atomic mass is 9.54. The molecule has 0 heterocycles. The van der Waals surface area contributed by atoms with Crippen molar-refractivity contribution in [3.63, 3.8) is 0 Å². The van der Waals surface area contributed by atoms with Crippen LogP contribution in [0.5, 0.6) is 0 Å². The van der Waals surface area contributed by atoms with E-state index in [9.17, 15) is 19.8 Å². The second-order valence-electron chi connectivity index (χ2n) is 12.0. The van der Waals surface area contributed by atoms with Crippen LogP contribution in [0.1, 0.15) is 80.1 Å². The predicted molar refractivity (Wildman–Crippen MR) is 127 cm³/mol. The third-order valence-electron chi connectivity index (χ3n) is 10.3. The first kappa shape index (κ1) is 25.4. The molecule has 0 aromatic heterocycles. The van der Waals surface area contributed by atoms with Gasteiger partial charge in [-0.15, -0.1) is 0 Å². The fourth-order valence-electron chi connectivity index (χ4n) is 8.02. The second-order valence-corrected chi connectivity index (χ2v) is 12.0. The molecule has 0 aliphatic heterocycles. The summed E-state index contributed by atoms with van der Waals surface area (Å²) >= 11 is 0. The van der Waals surface area contributed by atoms with Crippen LogP contribution in [0.2, 0.25) is 0 Å². The van der Waals surface area contributed by atoms with Crippen LogP contribution in [-0.4, -0.2) is 29.3 Å². The number of hydrogen-bond donors (Lipinski definition) is 1. The standard InChI is InChI=1S/C25H43N3O4/c1-13(2)15(4)23(27-31)24(28-32)16(5)19-8-7-18-14(3)11-21(29)20-12-17(26-30)9-10-25(20,6)22(18)19/h13-24,29H,7-12H2,1-6H3/t14?,15?,16?,17?,18?,19?,20?,21?,22?,23?,24-,25?/m1/s1. The Bertz CT molecular complexity index is 688. The zero-order valence-electron chi connectivity index (χ0n) is 20.7. The fourth-order valence-corrected chi connectivity index (χ4v) is 8.02. The van der Waals surface area contributed by atoms with Crippen molar-refractivity contribution in [3.05, 3.63) is 14.7 Å². The van der Waals surface area contributed by atoms with Crippen LogP contribution >= 0.6 is 0 Å². The summed E-state index contributed by atoms with van der Waals surface area (Å²) in [5, 5.41) is 21.4. The van der Waals surface area contributed by atoms with Gasteiger partial charge in [0.1, 0.15) is 12.1 Å². The van der Waals surface area contributed by atoms with Crippen molar-refractivity contribution < 1.29 is 5.11 Å². The summed E-state index contributed by atoms with van der Waals surface area (Å²) in [5.41, 5.74) is -0.105. The Morgan fingerprint density at radius 2 is 1.59 bits per heavy atom. The summed E-state index contributed by atoms with van der Waals surface area (Å²) < 4.78 is 0. The Morgan fingerprint density at radius 1 is 0.938 bits per heavy atom. The molecule has 12 atom stereocenters. The molecule has 0 aromatic carbocycles. The van der Waals surface area contributed by atoms with Gasteiger partial charge < -0.3 is 5.11 Å². The second kappa shape index (κ2) is 9.94. The highest BCUT2D eigenvalue weighted by Gasteiger charge is 2.59. The van der Waals surface area contributed by atoms with Gasteiger partial charge in [-0.3, -0.25) is 0 Å². The molecule has 0 spiro atoms. The minimum Gasteiger partial charge on any atom is -0.393 e. The Morgan fingerprint density at radius 3 is 2.16 bits per heavy atom. The number of aliphatic hydroxyl groups excluding tert-OH is 1. The first-order chi connectivity index (χ1) is 15.1. The van der Waals surface area contributed by atoms with Crippen molar-refractivity contribution in [2.45, 2.75) is 104 Å². The highest BCUT2D eigenvalue weighted by atomic mass is 16.3. The van der Waals surface area contributed by atoms with Gasteiger partial charge in [-0.1, -0.05) is 57.1 Å². The molecular weight excluding hydrogens is 406 g/mol. The van der Waals surface area contributed by atoms with Gasteiger partial charge in [0.15, 0.2) is 0 Å². The lowest BCUT2D eigenvalue weighted by Gasteiger charge is -2.51. The van der Waals surface area contributed by atoms with Gasteiger partial charge >= 0.3 is 0 Å². The Labute approximate surface area is 192 Å². The number of nitroso groups, excluding NO2 is 3. The summed E-state index contributed by atoms with van der Waals surface area (Å²) in [5.74, 6) is 1.68. The van der Waals surface area contributed by atoms with Crippen LogP contribution in [0.3, 0.4) is 0 Å². The van der Waals surface area contributed by atoms with Crippen LogP contribution in [0.4, 0.5) is 0 Å². The number of rotatable bonds is 8. The van der Waals surface area contributed by atoms with Gasteiger partial charge in [0.25, 0.3) is 0 Å². The SMILES string of the molecule is CC(C)C(C)C(N=O)[C@H](N=O)C(C)C1CCC2C(C)CC(O)C3CC(N=O)CCC3(C)C21. The van der Waals surface area contributed by atoms with E-state index in [1.165, 1.54) is 0 Å². The van der Waals surface area contributed by atoms with Crippen LogP contribution in [0.15, 0.2) is 15.5 Å². The van der Waals surface area contributed by atoms with E-state index in [1.807, 2.05) is 6.92 Å². The molecule has 0 aromatic rings.